The predicted molar refractivity (Wildman–Crippen MR) is 59.2 cm³/mol. The molecule has 0 radical (unpaired) electrons. The standard InChI is InChI=1S/C12H17NO2/c1-14-10-5-3-4-9(12(10)15-2)11(13)8-6-7-8/h3-5,8,11H,6-7,13H2,1-2H3/t11-/m1/s1. The van der Waals surface area contributed by atoms with Crippen LogP contribution in [0.5, 0.6) is 11.5 Å². The van der Waals surface area contributed by atoms with Crippen LogP contribution < -0.4 is 15.2 Å². The third kappa shape index (κ3) is 1.92. The first-order chi connectivity index (χ1) is 7.27. The summed E-state index contributed by atoms with van der Waals surface area (Å²) in [6, 6.07) is 5.95. The quantitative estimate of drug-likeness (QED) is 0.822. The Balaban J connectivity index is 2.35. The molecule has 2 rings (SSSR count). The van der Waals surface area contributed by atoms with Crippen LogP contribution in [0, 0.1) is 5.92 Å². The summed E-state index contributed by atoms with van der Waals surface area (Å²) in [6.07, 6.45) is 2.45. The first kappa shape index (κ1) is 10.3. The number of nitrogens with two attached hydrogens (primary N) is 1. The van der Waals surface area contributed by atoms with Gasteiger partial charge in [-0.2, -0.15) is 0 Å². The molecule has 0 unspecified atom stereocenters. The summed E-state index contributed by atoms with van der Waals surface area (Å²) in [6.45, 7) is 0. The molecule has 0 aromatic heterocycles. The van der Waals surface area contributed by atoms with Crippen LogP contribution in [-0.2, 0) is 0 Å². The molecule has 3 nitrogen and oxygen atoms in total. The molecule has 3 heteroatoms. The summed E-state index contributed by atoms with van der Waals surface area (Å²) < 4.78 is 10.6. The first-order valence-electron chi connectivity index (χ1n) is 5.24. The lowest BCUT2D eigenvalue weighted by Crippen LogP contribution is -2.13. The van der Waals surface area contributed by atoms with Gasteiger partial charge in [-0.15, -0.1) is 0 Å². The summed E-state index contributed by atoms with van der Waals surface area (Å²) in [5.41, 5.74) is 7.22. The third-order valence-corrected chi connectivity index (χ3v) is 2.92. The highest BCUT2D eigenvalue weighted by Crippen LogP contribution is 2.44. The number of para-hydroxylation sites is 1. The van der Waals surface area contributed by atoms with Crippen molar-refractivity contribution in [3.05, 3.63) is 23.8 Å². The highest BCUT2D eigenvalue weighted by Gasteiger charge is 2.31. The van der Waals surface area contributed by atoms with E-state index < -0.39 is 0 Å². The van der Waals surface area contributed by atoms with Crippen molar-refractivity contribution >= 4 is 0 Å². The molecule has 1 aromatic carbocycles. The van der Waals surface area contributed by atoms with Crippen LogP contribution in [0.15, 0.2) is 18.2 Å². The molecule has 0 amide bonds. The molecule has 1 atom stereocenters. The Morgan fingerprint density at radius 2 is 2.00 bits per heavy atom. The Kier molecular flexibility index (Phi) is 2.82. The van der Waals surface area contributed by atoms with Gasteiger partial charge < -0.3 is 15.2 Å². The van der Waals surface area contributed by atoms with Crippen molar-refractivity contribution in [3.63, 3.8) is 0 Å². The highest BCUT2D eigenvalue weighted by atomic mass is 16.5. The molecule has 0 aliphatic heterocycles. The van der Waals surface area contributed by atoms with E-state index in [1.54, 1.807) is 14.2 Å². The van der Waals surface area contributed by atoms with Gasteiger partial charge in [0, 0.05) is 11.6 Å². The minimum Gasteiger partial charge on any atom is -0.493 e. The van der Waals surface area contributed by atoms with Gasteiger partial charge in [0.1, 0.15) is 0 Å². The van der Waals surface area contributed by atoms with Gasteiger partial charge in [-0.3, -0.25) is 0 Å². The van der Waals surface area contributed by atoms with E-state index in [1.807, 2.05) is 18.2 Å². The van der Waals surface area contributed by atoms with Crippen molar-refractivity contribution in [1.29, 1.82) is 0 Å². The van der Waals surface area contributed by atoms with E-state index in [-0.39, 0.29) is 6.04 Å². The van der Waals surface area contributed by atoms with Crippen molar-refractivity contribution in [3.8, 4) is 11.5 Å². The van der Waals surface area contributed by atoms with Gasteiger partial charge in [0.25, 0.3) is 0 Å². The van der Waals surface area contributed by atoms with Crippen LogP contribution in [0.2, 0.25) is 0 Å². The van der Waals surface area contributed by atoms with Crippen LogP contribution in [0.3, 0.4) is 0 Å². The van der Waals surface area contributed by atoms with Crippen molar-refractivity contribution < 1.29 is 9.47 Å². The Bertz CT molecular complexity index is 347. The molecule has 15 heavy (non-hydrogen) atoms. The second-order valence-electron chi connectivity index (χ2n) is 3.95. The summed E-state index contributed by atoms with van der Waals surface area (Å²) in [5.74, 6) is 2.15. The fourth-order valence-corrected chi connectivity index (χ4v) is 1.88. The van der Waals surface area contributed by atoms with Gasteiger partial charge in [-0.05, 0) is 24.8 Å². The monoisotopic (exact) mass is 207 g/mol. The first-order valence-corrected chi connectivity index (χ1v) is 5.24. The lowest BCUT2D eigenvalue weighted by molar-refractivity contribution is 0.348. The maximum Gasteiger partial charge on any atom is 0.165 e. The normalized spacial score (nSPS) is 17.3. The van der Waals surface area contributed by atoms with Crippen molar-refractivity contribution in [2.75, 3.05) is 14.2 Å². The topological polar surface area (TPSA) is 44.5 Å². The molecule has 2 N–H and O–H groups in total. The van der Waals surface area contributed by atoms with Crippen LogP contribution >= 0.6 is 0 Å². The number of methoxy groups -OCH3 is 2. The fourth-order valence-electron chi connectivity index (χ4n) is 1.88. The van der Waals surface area contributed by atoms with Gasteiger partial charge in [0.2, 0.25) is 0 Å². The second-order valence-corrected chi connectivity index (χ2v) is 3.95. The van der Waals surface area contributed by atoms with E-state index in [2.05, 4.69) is 0 Å². The average molecular weight is 207 g/mol. The summed E-state index contributed by atoms with van der Waals surface area (Å²) >= 11 is 0. The molecular formula is C12H17NO2. The van der Waals surface area contributed by atoms with Gasteiger partial charge in [0.15, 0.2) is 11.5 Å². The number of ether oxygens (including phenoxy) is 2. The van der Waals surface area contributed by atoms with E-state index in [9.17, 15) is 0 Å². The zero-order valence-corrected chi connectivity index (χ0v) is 9.19. The SMILES string of the molecule is COc1cccc([C@H](N)C2CC2)c1OC. The Morgan fingerprint density at radius 1 is 1.27 bits per heavy atom. The molecule has 0 spiro atoms. The number of benzene rings is 1. The van der Waals surface area contributed by atoms with Crippen LogP contribution in [0.1, 0.15) is 24.4 Å². The predicted octanol–water partition coefficient (Wildman–Crippen LogP) is 2.11. The van der Waals surface area contributed by atoms with E-state index in [0.717, 1.165) is 17.1 Å². The Morgan fingerprint density at radius 3 is 2.53 bits per heavy atom. The molecule has 1 aromatic rings. The van der Waals surface area contributed by atoms with Crippen LogP contribution in [0.4, 0.5) is 0 Å². The number of hydrogen-bond donors (Lipinski definition) is 1. The zero-order valence-electron chi connectivity index (χ0n) is 9.19. The van der Waals surface area contributed by atoms with Crippen molar-refractivity contribution in [2.24, 2.45) is 11.7 Å². The Labute approximate surface area is 90.2 Å². The highest BCUT2D eigenvalue weighted by molar-refractivity contribution is 5.48. The Hall–Kier alpha value is -1.22. The van der Waals surface area contributed by atoms with Crippen LogP contribution in [0.25, 0.3) is 0 Å². The van der Waals surface area contributed by atoms with Crippen molar-refractivity contribution in [2.45, 2.75) is 18.9 Å². The second kappa shape index (κ2) is 4.11. The third-order valence-electron chi connectivity index (χ3n) is 2.92. The smallest absolute Gasteiger partial charge is 0.165 e. The van der Waals surface area contributed by atoms with Gasteiger partial charge in [-0.1, -0.05) is 12.1 Å². The molecule has 1 aliphatic rings. The maximum absolute atomic E-state index is 6.16. The van der Waals surface area contributed by atoms with Gasteiger partial charge >= 0.3 is 0 Å². The fraction of sp³-hybridized carbons (Fsp3) is 0.500. The van der Waals surface area contributed by atoms with E-state index >= 15 is 0 Å². The van der Waals surface area contributed by atoms with Gasteiger partial charge in [0.05, 0.1) is 14.2 Å². The number of hydrogen-bond acceptors (Lipinski definition) is 3. The lowest BCUT2D eigenvalue weighted by Gasteiger charge is -2.17. The molecule has 1 fully saturated rings. The van der Waals surface area contributed by atoms with Crippen LogP contribution in [-0.4, -0.2) is 14.2 Å². The molecular weight excluding hydrogens is 190 g/mol. The van der Waals surface area contributed by atoms with Crippen molar-refractivity contribution in [1.82, 2.24) is 0 Å². The molecule has 1 aliphatic carbocycles. The summed E-state index contributed by atoms with van der Waals surface area (Å²) in [5, 5.41) is 0. The molecule has 82 valence electrons. The van der Waals surface area contributed by atoms with E-state index in [0.29, 0.717) is 5.92 Å². The average Bonchev–Trinajstić information content (AvgIpc) is 3.10. The minimum atomic E-state index is 0.0787. The zero-order chi connectivity index (χ0) is 10.8. The lowest BCUT2D eigenvalue weighted by atomic mass is 10.0. The minimum absolute atomic E-state index is 0.0787. The largest absolute Gasteiger partial charge is 0.493 e. The van der Waals surface area contributed by atoms with E-state index in [4.69, 9.17) is 15.2 Å². The summed E-state index contributed by atoms with van der Waals surface area (Å²) in [4.78, 5) is 0. The summed E-state index contributed by atoms with van der Waals surface area (Å²) in [7, 11) is 3.30. The molecule has 0 bridgehead atoms. The molecule has 0 heterocycles. The maximum atomic E-state index is 6.16. The molecule has 0 saturated heterocycles. The van der Waals surface area contributed by atoms with Gasteiger partial charge in [-0.25, -0.2) is 0 Å². The van der Waals surface area contributed by atoms with E-state index in [1.165, 1.54) is 12.8 Å². The molecule has 1 saturated carbocycles. The number of rotatable bonds is 4.